The van der Waals surface area contributed by atoms with Gasteiger partial charge in [0.05, 0.1) is 11.6 Å². The monoisotopic (exact) mass is 272 g/mol. The Morgan fingerprint density at radius 2 is 1.95 bits per heavy atom. The van der Waals surface area contributed by atoms with Crippen molar-refractivity contribution in [3.63, 3.8) is 0 Å². The van der Waals surface area contributed by atoms with Gasteiger partial charge in [-0.2, -0.15) is 5.26 Å². The standard InChI is InChI=1S/C16H20N2O2/c1-11-7-13(9-17)8-12(2)16(11)20-10-15(19)18-14-5-3-4-6-14/h7-8,14H,3-6,10H2,1-2H3,(H,18,19). The summed E-state index contributed by atoms with van der Waals surface area (Å²) in [5.41, 5.74) is 2.38. The first-order valence-electron chi connectivity index (χ1n) is 7.03. The molecule has 1 fully saturated rings. The van der Waals surface area contributed by atoms with Crippen LogP contribution in [-0.4, -0.2) is 18.6 Å². The smallest absolute Gasteiger partial charge is 0.258 e. The summed E-state index contributed by atoms with van der Waals surface area (Å²) in [6, 6.07) is 5.98. The van der Waals surface area contributed by atoms with E-state index in [1.165, 1.54) is 12.8 Å². The minimum Gasteiger partial charge on any atom is -0.483 e. The summed E-state index contributed by atoms with van der Waals surface area (Å²) in [4.78, 5) is 11.8. The van der Waals surface area contributed by atoms with Crippen molar-refractivity contribution in [3.8, 4) is 11.8 Å². The minimum atomic E-state index is -0.0694. The summed E-state index contributed by atoms with van der Waals surface area (Å²) in [7, 11) is 0. The fraction of sp³-hybridized carbons (Fsp3) is 0.500. The van der Waals surface area contributed by atoms with Gasteiger partial charge in [-0.3, -0.25) is 4.79 Å². The van der Waals surface area contributed by atoms with Crippen LogP contribution in [0.1, 0.15) is 42.4 Å². The number of rotatable bonds is 4. The van der Waals surface area contributed by atoms with Gasteiger partial charge in [-0.05, 0) is 49.9 Å². The zero-order valence-electron chi connectivity index (χ0n) is 12.0. The molecule has 1 aromatic rings. The number of carbonyl (C=O) groups excluding carboxylic acids is 1. The van der Waals surface area contributed by atoms with Crippen LogP contribution in [0.25, 0.3) is 0 Å². The number of nitrogens with zero attached hydrogens (tertiary/aromatic N) is 1. The summed E-state index contributed by atoms with van der Waals surface area (Å²) in [6.07, 6.45) is 4.53. The van der Waals surface area contributed by atoms with Crippen molar-refractivity contribution in [1.29, 1.82) is 5.26 Å². The van der Waals surface area contributed by atoms with Gasteiger partial charge in [0.15, 0.2) is 6.61 Å². The lowest BCUT2D eigenvalue weighted by Gasteiger charge is -2.15. The van der Waals surface area contributed by atoms with Crippen LogP contribution in [0.5, 0.6) is 5.75 Å². The second-order valence-electron chi connectivity index (χ2n) is 5.39. The van der Waals surface area contributed by atoms with Crippen molar-refractivity contribution in [1.82, 2.24) is 5.32 Å². The van der Waals surface area contributed by atoms with E-state index in [0.29, 0.717) is 17.4 Å². The number of nitrogens with one attached hydrogen (secondary N) is 1. The van der Waals surface area contributed by atoms with Crippen molar-refractivity contribution < 1.29 is 9.53 Å². The van der Waals surface area contributed by atoms with Gasteiger partial charge in [0.2, 0.25) is 0 Å². The Morgan fingerprint density at radius 3 is 2.50 bits per heavy atom. The highest BCUT2D eigenvalue weighted by Gasteiger charge is 2.17. The fourth-order valence-electron chi connectivity index (χ4n) is 2.72. The zero-order valence-corrected chi connectivity index (χ0v) is 12.0. The predicted octanol–water partition coefficient (Wildman–Crippen LogP) is 2.61. The topological polar surface area (TPSA) is 62.1 Å². The van der Waals surface area contributed by atoms with Crippen LogP contribution < -0.4 is 10.1 Å². The van der Waals surface area contributed by atoms with Crippen LogP contribution in [0.15, 0.2) is 12.1 Å². The van der Waals surface area contributed by atoms with E-state index in [4.69, 9.17) is 10.00 Å². The van der Waals surface area contributed by atoms with E-state index in [2.05, 4.69) is 11.4 Å². The molecule has 0 atom stereocenters. The molecule has 4 nitrogen and oxygen atoms in total. The summed E-state index contributed by atoms with van der Waals surface area (Å²) in [5, 5.41) is 11.9. The molecule has 0 aromatic heterocycles. The maximum absolute atomic E-state index is 11.8. The number of benzene rings is 1. The number of hydrogen-bond donors (Lipinski definition) is 1. The highest BCUT2D eigenvalue weighted by Crippen LogP contribution is 2.24. The summed E-state index contributed by atoms with van der Waals surface area (Å²) < 4.78 is 5.62. The molecule has 0 bridgehead atoms. The number of amides is 1. The molecule has 1 aliphatic carbocycles. The molecule has 1 aromatic carbocycles. The number of aryl methyl sites for hydroxylation is 2. The molecule has 20 heavy (non-hydrogen) atoms. The van der Waals surface area contributed by atoms with Gasteiger partial charge < -0.3 is 10.1 Å². The van der Waals surface area contributed by atoms with Crippen LogP contribution in [0.3, 0.4) is 0 Å². The quantitative estimate of drug-likeness (QED) is 0.916. The number of hydrogen-bond acceptors (Lipinski definition) is 3. The third-order valence-corrected chi connectivity index (χ3v) is 3.66. The van der Waals surface area contributed by atoms with Crippen molar-refractivity contribution in [2.24, 2.45) is 0 Å². The van der Waals surface area contributed by atoms with Crippen LogP contribution >= 0.6 is 0 Å². The van der Waals surface area contributed by atoms with E-state index >= 15 is 0 Å². The molecule has 1 N–H and O–H groups in total. The molecule has 0 radical (unpaired) electrons. The normalized spacial score (nSPS) is 14.8. The molecule has 0 unspecified atom stereocenters. The zero-order chi connectivity index (χ0) is 14.5. The first-order chi connectivity index (χ1) is 9.60. The molecule has 0 heterocycles. The van der Waals surface area contributed by atoms with E-state index in [0.717, 1.165) is 24.0 Å². The van der Waals surface area contributed by atoms with E-state index in [-0.39, 0.29) is 12.5 Å². The molecule has 1 amide bonds. The average Bonchev–Trinajstić information content (AvgIpc) is 2.90. The molecular formula is C16H20N2O2. The van der Waals surface area contributed by atoms with Gasteiger partial charge in [-0.1, -0.05) is 12.8 Å². The Balaban J connectivity index is 1.93. The SMILES string of the molecule is Cc1cc(C#N)cc(C)c1OCC(=O)NC1CCCC1. The Kier molecular flexibility index (Phi) is 4.62. The first kappa shape index (κ1) is 14.4. The van der Waals surface area contributed by atoms with Gasteiger partial charge >= 0.3 is 0 Å². The molecule has 2 rings (SSSR count). The Labute approximate surface area is 119 Å². The van der Waals surface area contributed by atoms with Gasteiger partial charge in [0, 0.05) is 6.04 Å². The van der Waals surface area contributed by atoms with Crippen LogP contribution in [0.2, 0.25) is 0 Å². The van der Waals surface area contributed by atoms with E-state index in [9.17, 15) is 4.79 Å². The molecule has 106 valence electrons. The first-order valence-corrected chi connectivity index (χ1v) is 7.03. The predicted molar refractivity (Wildman–Crippen MR) is 76.5 cm³/mol. The van der Waals surface area contributed by atoms with Gasteiger partial charge in [0.25, 0.3) is 5.91 Å². The molecule has 0 spiro atoms. The third kappa shape index (κ3) is 3.51. The maximum atomic E-state index is 11.8. The summed E-state index contributed by atoms with van der Waals surface area (Å²) in [6.45, 7) is 3.81. The summed E-state index contributed by atoms with van der Waals surface area (Å²) in [5.74, 6) is 0.630. The Morgan fingerprint density at radius 1 is 1.35 bits per heavy atom. The molecule has 0 aliphatic heterocycles. The number of ether oxygens (including phenoxy) is 1. The summed E-state index contributed by atoms with van der Waals surface area (Å²) >= 11 is 0. The van der Waals surface area contributed by atoms with Gasteiger partial charge in [0.1, 0.15) is 5.75 Å². The van der Waals surface area contributed by atoms with E-state index in [1.54, 1.807) is 12.1 Å². The third-order valence-electron chi connectivity index (χ3n) is 3.66. The van der Waals surface area contributed by atoms with Crippen molar-refractivity contribution in [2.45, 2.75) is 45.6 Å². The van der Waals surface area contributed by atoms with E-state index < -0.39 is 0 Å². The van der Waals surface area contributed by atoms with Crippen molar-refractivity contribution in [3.05, 3.63) is 28.8 Å². The highest BCUT2D eigenvalue weighted by molar-refractivity contribution is 5.78. The van der Waals surface area contributed by atoms with Gasteiger partial charge in [-0.15, -0.1) is 0 Å². The molecule has 4 heteroatoms. The Hall–Kier alpha value is -2.02. The van der Waals surface area contributed by atoms with Crippen molar-refractivity contribution >= 4 is 5.91 Å². The van der Waals surface area contributed by atoms with Crippen molar-refractivity contribution in [2.75, 3.05) is 6.61 Å². The molecular weight excluding hydrogens is 252 g/mol. The van der Waals surface area contributed by atoms with Crippen LogP contribution in [-0.2, 0) is 4.79 Å². The maximum Gasteiger partial charge on any atom is 0.258 e. The average molecular weight is 272 g/mol. The number of nitriles is 1. The second kappa shape index (κ2) is 6.42. The highest BCUT2D eigenvalue weighted by atomic mass is 16.5. The van der Waals surface area contributed by atoms with Crippen LogP contribution in [0.4, 0.5) is 0 Å². The lowest BCUT2D eigenvalue weighted by molar-refractivity contribution is -0.123. The molecule has 1 aliphatic rings. The lowest BCUT2D eigenvalue weighted by Crippen LogP contribution is -2.36. The largest absolute Gasteiger partial charge is 0.483 e. The van der Waals surface area contributed by atoms with Crippen LogP contribution in [0, 0.1) is 25.2 Å². The number of carbonyl (C=O) groups is 1. The fourth-order valence-corrected chi connectivity index (χ4v) is 2.72. The van der Waals surface area contributed by atoms with E-state index in [1.807, 2.05) is 13.8 Å². The van der Waals surface area contributed by atoms with Gasteiger partial charge in [-0.25, -0.2) is 0 Å². The molecule has 1 saturated carbocycles. The second-order valence-corrected chi connectivity index (χ2v) is 5.39. The lowest BCUT2D eigenvalue weighted by atomic mass is 10.1. The Bertz CT molecular complexity index is 517. The minimum absolute atomic E-state index is 0.0318. The molecule has 0 saturated heterocycles.